The highest BCUT2D eigenvalue weighted by molar-refractivity contribution is 14.1. The van der Waals surface area contributed by atoms with Crippen LogP contribution in [-0.2, 0) is 0 Å². The number of benzene rings is 1. The summed E-state index contributed by atoms with van der Waals surface area (Å²) in [7, 11) is 0. The summed E-state index contributed by atoms with van der Waals surface area (Å²) in [5, 5.41) is 6.18. The van der Waals surface area contributed by atoms with E-state index in [-0.39, 0.29) is 11.7 Å². The molecule has 18 heavy (non-hydrogen) atoms. The molecule has 0 spiro atoms. The molecule has 2 rings (SSSR count). The lowest BCUT2D eigenvalue weighted by atomic mass is 10.2. The number of hydrogen-bond donors (Lipinski definition) is 2. The maximum absolute atomic E-state index is 13.4. The Morgan fingerprint density at radius 1 is 1.56 bits per heavy atom. The summed E-state index contributed by atoms with van der Waals surface area (Å²) in [5.41, 5.74) is 7.05. The van der Waals surface area contributed by atoms with Crippen molar-refractivity contribution < 1.29 is 4.39 Å². The number of thiazole rings is 1. The number of halogens is 2. The largest absolute Gasteiger partial charge is 0.397 e. The SMILES string of the molecule is CC(CNc1cc(F)c(I)cc1N)c1nccs1. The highest BCUT2D eigenvalue weighted by Crippen LogP contribution is 2.25. The first-order valence-corrected chi connectivity index (χ1v) is 7.41. The minimum absolute atomic E-state index is 0.255. The number of nitrogen functional groups attached to an aromatic ring is 1. The number of nitrogens with zero attached hydrogens (tertiary/aromatic N) is 1. The summed E-state index contributed by atoms with van der Waals surface area (Å²) in [6.45, 7) is 2.75. The van der Waals surface area contributed by atoms with Crippen LogP contribution in [0.1, 0.15) is 17.8 Å². The monoisotopic (exact) mass is 377 g/mol. The number of hydrogen-bond acceptors (Lipinski definition) is 4. The molecule has 2 aromatic rings. The summed E-state index contributed by atoms with van der Waals surface area (Å²) >= 11 is 3.54. The summed E-state index contributed by atoms with van der Waals surface area (Å²) in [5.74, 6) is 0.0148. The molecule has 0 saturated heterocycles. The minimum Gasteiger partial charge on any atom is -0.397 e. The van der Waals surface area contributed by atoms with E-state index in [1.54, 1.807) is 23.6 Å². The number of rotatable bonds is 4. The van der Waals surface area contributed by atoms with Gasteiger partial charge in [-0.2, -0.15) is 0 Å². The van der Waals surface area contributed by atoms with Crippen molar-refractivity contribution in [2.75, 3.05) is 17.6 Å². The minimum atomic E-state index is -0.255. The van der Waals surface area contributed by atoms with E-state index in [1.807, 2.05) is 28.0 Å². The van der Waals surface area contributed by atoms with Gasteiger partial charge in [0.25, 0.3) is 0 Å². The molecule has 0 saturated carbocycles. The molecule has 0 aliphatic rings. The number of nitrogens with one attached hydrogen (secondary N) is 1. The second-order valence-electron chi connectivity index (χ2n) is 4.01. The Morgan fingerprint density at radius 3 is 3.00 bits per heavy atom. The van der Waals surface area contributed by atoms with E-state index in [0.717, 1.165) is 5.01 Å². The van der Waals surface area contributed by atoms with Gasteiger partial charge in [0.15, 0.2) is 0 Å². The molecular weight excluding hydrogens is 364 g/mol. The lowest BCUT2D eigenvalue weighted by Gasteiger charge is -2.13. The zero-order valence-electron chi connectivity index (χ0n) is 9.78. The van der Waals surface area contributed by atoms with Gasteiger partial charge in [-0.1, -0.05) is 6.92 Å². The molecule has 0 radical (unpaired) electrons. The quantitative estimate of drug-likeness (QED) is 0.631. The van der Waals surface area contributed by atoms with Crippen LogP contribution in [0.5, 0.6) is 0 Å². The summed E-state index contributed by atoms with van der Waals surface area (Å²) in [6, 6.07) is 3.07. The van der Waals surface area contributed by atoms with Gasteiger partial charge in [-0.05, 0) is 28.7 Å². The molecule has 6 heteroatoms. The third-order valence-electron chi connectivity index (χ3n) is 2.56. The van der Waals surface area contributed by atoms with Crippen molar-refractivity contribution >= 4 is 45.3 Å². The molecule has 1 aromatic carbocycles. The second-order valence-corrected chi connectivity index (χ2v) is 6.09. The van der Waals surface area contributed by atoms with Crippen molar-refractivity contribution in [1.82, 2.24) is 4.98 Å². The van der Waals surface area contributed by atoms with Crippen LogP contribution in [0, 0.1) is 9.39 Å². The molecule has 0 aliphatic carbocycles. The molecule has 3 nitrogen and oxygen atoms in total. The molecule has 0 fully saturated rings. The van der Waals surface area contributed by atoms with Gasteiger partial charge < -0.3 is 11.1 Å². The van der Waals surface area contributed by atoms with Gasteiger partial charge in [0.1, 0.15) is 5.82 Å². The van der Waals surface area contributed by atoms with Gasteiger partial charge in [0.05, 0.1) is 20.0 Å². The predicted molar refractivity (Wildman–Crippen MR) is 82.5 cm³/mol. The Hall–Kier alpha value is -0.890. The van der Waals surface area contributed by atoms with Crippen molar-refractivity contribution in [1.29, 1.82) is 0 Å². The molecule has 1 atom stereocenters. The number of aromatic nitrogens is 1. The van der Waals surface area contributed by atoms with Crippen LogP contribution in [0.2, 0.25) is 0 Å². The van der Waals surface area contributed by atoms with Gasteiger partial charge in [-0.25, -0.2) is 9.37 Å². The summed E-state index contributed by atoms with van der Waals surface area (Å²) in [6.07, 6.45) is 1.79. The average Bonchev–Trinajstić information content (AvgIpc) is 2.85. The molecule has 3 N–H and O–H groups in total. The average molecular weight is 377 g/mol. The van der Waals surface area contributed by atoms with Crippen molar-refractivity contribution in [3.63, 3.8) is 0 Å². The van der Waals surface area contributed by atoms with Gasteiger partial charge in [0.2, 0.25) is 0 Å². The van der Waals surface area contributed by atoms with Crippen LogP contribution in [0.15, 0.2) is 23.7 Å². The van der Waals surface area contributed by atoms with Crippen LogP contribution in [0.3, 0.4) is 0 Å². The molecule has 1 unspecified atom stereocenters. The fourth-order valence-corrected chi connectivity index (χ4v) is 2.73. The fraction of sp³-hybridized carbons (Fsp3) is 0.250. The van der Waals surface area contributed by atoms with Crippen molar-refractivity contribution in [3.8, 4) is 0 Å². The molecule has 1 heterocycles. The van der Waals surface area contributed by atoms with Crippen LogP contribution in [0.4, 0.5) is 15.8 Å². The maximum Gasteiger partial charge on any atom is 0.138 e. The molecule has 1 aromatic heterocycles. The first-order valence-electron chi connectivity index (χ1n) is 5.45. The van der Waals surface area contributed by atoms with Crippen LogP contribution in [-0.4, -0.2) is 11.5 Å². The zero-order chi connectivity index (χ0) is 13.1. The molecule has 0 amide bonds. The van der Waals surface area contributed by atoms with Gasteiger partial charge in [-0.15, -0.1) is 11.3 Å². The van der Waals surface area contributed by atoms with Gasteiger partial charge >= 0.3 is 0 Å². The Balaban J connectivity index is 2.04. The molecule has 0 bridgehead atoms. The zero-order valence-corrected chi connectivity index (χ0v) is 12.8. The standard InChI is InChI=1S/C12H13FIN3S/c1-7(12-16-2-3-18-12)6-17-11-4-8(13)9(14)5-10(11)15/h2-5,7,17H,6,15H2,1H3. The van der Waals surface area contributed by atoms with E-state index >= 15 is 0 Å². The highest BCUT2D eigenvalue weighted by atomic mass is 127. The Bertz CT molecular complexity index is 530. The van der Waals surface area contributed by atoms with Crippen LogP contribution >= 0.6 is 33.9 Å². The third-order valence-corrected chi connectivity index (χ3v) is 4.40. The van der Waals surface area contributed by atoms with Crippen molar-refractivity contribution in [2.24, 2.45) is 0 Å². The molecular formula is C12H13FIN3S. The van der Waals surface area contributed by atoms with Crippen LogP contribution < -0.4 is 11.1 Å². The normalized spacial score (nSPS) is 12.4. The molecule has 0 aliphatic heterocycles. The Morgan fingerprint density at radius 2 is 2.33 bits per heavy atom. The van der Waals surface area contributed by atoms with E-state index in [9.17, 15) is 4.39 Å². The smallest absolute Gasteiger partial charge is 0.138 e. The topological polar surface area (TPSA) is 50.9 Å². The number of anilines is 2. The first-order chi connectivity index (χ1) is 8.58. The van der Waals surface area contributed by atoms with E-state index in [1.165, 1.54) is 6.07 Å². The molecule has 96 valence electrons. The fourth-order valence-electron chi connectivity index (χ4n) is 1.54. The maximum atomic E-state index is 13.4. The van der Waals surface area contributed by atoms with Gasteiger partial charge in [0, 0.05) is 30.1 Å². The first kappa shape index (κ1) is 13.5. The van der Waals surface area contributed by atoms with E-state index in [4.69, 9.17) is 5.73 Å². The van der Waals surface area contributed by atoms with Crippen molar-refractivity contribution in [3.05, 3.63) is 38.1 Å². The number of nitrogens with two attached hydrogens (primary N) is 1. The highest BCUT2D eigenvalue weighted by Gasteiger charge is 2.10. The summed E-state index contributed by atoms with van der Waals surface area (Å²) < 4.78 is 14.0. The predicted octanol–water partition coefficient (Wildman–Crippen LogP) is 3.68. The summed E-state index contributed by atoms with van der Waals surface area (Å²) in [4.78, 5) is 4.25. The third kappa shape index (κ3) is 3.11. The van der Waals surface area contributed by atoms with Crippen LogP contribution in [0.25, 0.3) is 0 Å². The van der Waals surface area contributed by atoms with E-state index in [2.05, 4.69) is 17.2 Å². The van der Waals surface area contributed by atoms with E-state index in [0.29, 0.717) is 21.5 Å². The Labute approximate surface area is 123 Å². The Kier molecular flexibility index (Phi) is 4.39. The lowest BCUT2D eigenvalue weighted by Crippen LogP contribution is -2.11. The lowest BCUT2D eigenvalue weighted by molar-refractivity contribution is 0.621. The van der Waals surface area contributed by atoms with Gasteiger partial charge in [-0.3, -0.25) is 0 Å². The van der Waals surface area contributed by atoms with E-state index < -0.39 is 0 Å². The van der Waals surface area contributed by atoms with Crippen molar-refractivity contribution in [2.45, 2.75) is 12.8 Å². The second kappa shape index (κ2) is 5.83.